The number of amides is 2. The molecule has 2 fully saturated rings. The van der Waals surface area contributed by atoms with E-state index < -0.39 is 53.4 Å². The molecule has 99 heavy (non-hydrogen) atoms. The Morgan fingerprint density at radius 3 is 1.32 bits per heavy atom. The van der Waals surface area contributed by atoms with Crippen LogP contribution in [0.4, 0.5) is 79.3 Å². The maximum absolute atomic E-state index is 13.8. The molecule has 0 bridgehead atoms. The van der Waals surface area contributed by atoms with E-state index in [1.807, 2.05) is 56.6 Å². The molecule has 2 saturated heterocycles. The number of ketones is 2. The third-order valence-corrected chi connectivity index (χ3v) is 19.3. The lowest BCUT2D eigenvalue weighted by Gasteiger charge is -2.27. The standard InChI is InChI=1S/C63H73N17O14S5/c1-10-77(11-2)49-33-45(47(35-51(49)91-8)73-75-62-68-55(79-21-25-93-26-22-79)53(96-62)31-43(37(6)81)57(83)64-39-17-15-19-41(29-39)98(85,86)87)66-59-70-60(72-61(71-59)95-14-5)67-46-34-50(78(12-3)13-4)52(92-9)36-48(46)74-76-63-69-56(80-23-27-94-28-24-80)54(97-63)32-44(38(7)82)58(84)65-40-18-16-20-42(30-40)99(88,89)90/h15-20,29-36H,10-14,21-28H2,1-9H3,(H,64,83)(H,65,84)(H,85,86,87)(H,88,89,90)(H2,66,67,70,71,72). The number of anilines is 10. The number of carbonyl (C=O) groups is 4. The first-order valence-corrected chi connectivity index (χ1v) is 36.5. The Bertz CT molecular complexity index is 4230. The zero-order valence-electron chi connectivity index (χ0n) is 55.4. The van der Waals surface area contributed by atoms with Crippen molar-refractivity contribution in [3.8, 4) is 11.5 Å². The van der Waals surface area contributed by atoms with Crippen LogP contribution in [-0.2, 0) is 48.9 Å². The van der Waals surface area contributed by atoms with Crippen LogP contribution in [0.25, 0.3) is 12.2 Å². The Hall–Kier alpha value is -9.40. The van der Waals surface area contributed by atoms with E-state index in [9.17, 15) is 45.1 Å². The van der Waals surface area contributed by atoms with E-state index in [0.717, 1.165) is 46.9 Å². The number of benzene rings is 4. The quantitative estimate of drug-likeness (QED) is 0.00608. The number of thioether (sulfide) groups is 1. The van der Waals surface area contributed by atoms with Crippen molar-refractivity contribution in [1.82, 2.24) is 24.9 Å². The van der Waals surface area contributed by atoms with E-state index in [1.165, 1.54) is 62.0 Å². The van der Waals surface area contributed by atoms with E-state index >= 15 is 0 Å². The average molecular weight is 1450 g/mol. The van der Waals surface area contributed by atoms with Gasteiger partial charge in [0.15, 0.2) is 16.7 Å². The number of carbonyl (C=O) groups excluding carboxylic acids is 4. The summed E-state index contributed by atoms with van der Waals surface area (Å²) in [6, 6.07) is 17.0. The molecule has 0 spiro atoms. The molecule has 9 rings (SSSR count). The van der Waals surface area contributed by atoms with Crippen molar-refractivity contribution in [2.45, 2.75) is 63.4 Å². The summed E-state index contributed by atoms with van der Waals surface area (Å²) in [7, 11) is -6.12. The van der Waals surface area contributed by atoms with Gasteiger partial charge in [0.2, 0.25) is 22.2 Å². The van der Waals surface area contributed by atoms with Crippen LogP contribution in [-0.4, -0.2) is 173 Å². The van der Waals surface area contributed by atoms with Gasteiger partial charge in [-0.1, -0.05) is 53.5 Å². The molecule has 7 aromatic rings. The minimum absolute atomic E-state index is 0.0181. The summed E-state index contributed by atoms with van der Waals surface area (Å²) in [5.74, 6) is -0.379. The first-order chi connectivity index (χ1) is 47.4. The number of ether oxygens (including phenoxy) is 4. The molecule has 0 saturated carbocycles. The van der Waals surface area contributed by atoms with Crippen molar-refractivity contribution < 1.29 is 64.1 Å². The monoisotopic (exact) mass is 1450 g/mol. The van der Waals surface area contributed by atoms with Crippen LogP contribution in [0.1, 0.15) is 58.2 Å². The highest BCUT2D eigenvalue weighted by Gasteiger charge is 2.27. The van der Waals surface area contributed by atoms with Gasteiger partial charge in [0, 0.05) is 75.9 Å². The largest absolute Gasteiger partial charge is 0.494 e. The van der Waals surface area contributed by atoms with Crippen molar-refractivity contribution in [3.63, 3.8) is 0 Å². The Kier molecular flexibility index (Phi) is 24.9. The second kappa shape index (κ2) is 33.4. The number of nitrogens with one attached hydrogen (secondary N) is 4. The lowest BCUT2D eigenvalue weighted by Crippen LogP contribution is -2.36. The third kappa shape index (κ3) is 18.9. The summed E-state index contributed by atoms with van der Waals surface area (Å²) in [5.41, 5.74) is 2.21. The fourth-order valence-electron chi connectivity index (χ4n) is 10.2. The van der Waals surface area contributed by atoms with Crippen LogP contribution in [0.2, 0.25) is 0 Å². The topological polar surface area (TPSA) is 389 Å². The van der Waals surface area contributed by atoms with Crippen LogP contribution in [0, 0.1) is 0 Å². The van der Waals surface area contributed by atoms with Gasteiger partial charge >= 0.3 is 0 Å². The smallest absolute Gasteiger partial charge is 0.294 e. The third-order valence-electron chi connectivity index (χ3n) is 15.1. The second-order valence-electron chi connectivity index (χ2n) is 21.5. The van der Waals surface area contributed by atoms with Crippen LogP contribution >= 0.6 is 34.4 Å². The number of aromatic nitrogens is 5. The van der Waals surface area contributed by atoms with Gasteiger partial charge in [-0.2, -0.15) is 41.8 Å². The Morgan fingerprint density at radius 2 is 0.980 bits per heavy atom. The lowest BCUT2D eigenvalue weighted by molar-refractivity contribution is -0.120. The Labute approximate surface area is 583 Å². The highest BCUT2D eigenvalue weighted by Crippen LogP contribution is 2.45. The summed E-state index contributed by atoms with van der Waals surface area (Å²) < 4.78 is 90.1. The highest BCUT2D eigenvalue weighted by molar-refractivity contribution is 7.99. The Morgan fingerprint density at radius 1 is 0.586 bits per heavy atom. The molecule has 36 heteroatoms. The van der Waals surface area contributed by atoms with Gasteiger partial charge in [-0.25, -0.2) is 0 Å². The number of thiazole rings is 2. The van der Waals surface area contributed by atoms with Gasteiger partial charge in [-0.15, -0.1) is 20.5 Å². The summed E-state index contributed by atoms with van der Waals surface area (Å²) in [5, 5.41) is 31.3. The second-order valence-corrected chi connectivity index (χ2v) is 27.6. The average Bonchev–Trinajstić information content (AvgIpc) is 1.73. The number of hydrogen-bond acceptors (Lipinski definition) is 30. The molecule has 2 aliphatic rings. The summed E-state index contributed by atoms with van der Waals surface area (Å²) in [4.78, 5) is 86.3. The van der Waals surface area contributed by atoms with Gasteiger partial charge in [0.05, 0.1) is 94.1 Å². The molecule has 31 nitrogen and oxygen atoms in total. The zero-order valence-corrected chi connectivity index (χ0v) is 59.5. The summed E-state index contributed by atoms with van der Waals surface area (Å²) in [6.07, 6.45) is 2.78. The molecular formula is C63H73N17O14S5. The predicted octanol–water partition coefficient (Wildman–Crippen LogP) is 11.3. The van der Waals surface area contributed by atoms with E-state index in [-0.39, 0.29) is 56.1 Å². The van der Waals surface area contributed by atoms with Crippen molar-refractivity contribution >= 4 is 169 Å². The van der Waals surface area contributed by atoms with Gasteiger partial charge in [-0.05, 0) is 108 Å². The van der Waals surface area contributed by atoms with Crippen molar-refractivity contribution in [3.05, 3.63) is 93.7 Å². The molecule has 0 radical (unpaired) electrons. The molecular weight excluding hydrogens is 1380 g/mol. The molecule has 0 aliphatic carbocycles. The van der Waals surface area contributed by atoms with Gasteiger partial charge in [0.1, 0.15) is 34.5 Å². The van der Waals surface area contributed by atoms with E-state index in [1.54, 1.807) is 26.4 Å². The van der Waals surface area contributed by atoms with Gasteiger partial charge in [0.25, 0.3) is 32.1 Å². The number of hydrogen-bond donors (Lipinski definition) is 6. The number of Topliss-reactive ketones (excluding diaryl/α,β-unsaturated/α-hetero) is 2. The van der Waals surface area contributed by atoms with Crippen LogP contribution in [0.3, 0.4) is 0 Å². The molecule has 524 valence electrons. The number of rotatable bonds is 30. The van der Waals surface area contributed by atoms with Crippen LogP contribution < -0.4 is 50.3 Å². The number of nitrogens with zero attached hydrogens (tertiary/aromatic N) is 13. The number of azo groups is 2. The molecule has 6 N–H and O–H groups in total. The lowest BCUT2D eigenvalue weighted by atomic mass is 10.1. The molecule has 2 aliphatic heterocycles. The maximum Gasteiger partial charge on any atom is 0.294 e. The van der Waals surface area contributed by atoms with E-state index in [4.69, 9.17) is 54.1 Å². The minimum atomic E-state index is -4.61. The zero-order chi connectivity index (χ0) is 71.1. The van der Waals surface area contributed by atoms with Crippen molar-refractivity contribution in [1.29, 1.82) is 0 Å². The normalized spacial score (nSPS) is 14.0. The number of methoxy groups -OCH3 is 2. The van der Waals surface area contributed by atoms with Crippen LogP contribution in [0.5, 0.6) is 11.5 Å². The van der Waals surface area contributed by atoms with E-state index in [2.05, 4.69) is 41.3 Å². The maximum atomic E-state index is 13.8. The minimum Gasteiger partial charge on any atom is -0.494 e. The first kappa shape index (κ1) is 73.8. The van der Waals surface area contributed by atoms with Gasteiger partial charge in [-0.3, -0.25) is 28.3 Å². The molecule has 0 unspecified atom stereocenters. The van der Waals surface area contributed by atoms with Crippen molar-refractivity contribution in [2.75, 3.05) is 140 Å². The fraction of sp³-hybridized carbons (Fsp3) is 0.349. The highest BCUT2D eigenvalue weighted by atomic mass is 32.2. The molecule has 5 heterocycles. The predicted molar refractivity (Wildman–Crippen MR) is 382 cm³/mol. The number of morpholine rings is 2. The van der Waals surface area contributed by atoms with Crippen molar-refractivity contribution in [2.24, 2.45) is 20.5 Å². The fourth-order valence-corrected chi connectivity index (χ4v) is 13.5. The SMILES string of the molecule is CCSc1nc(Nc2cc(N(CC)CC)c(OC)cc2N=Nc2nc(N3CCOCC3)c(C=C(C(C)=O)C(=O)Nc3cccc(S(=O)(=O)O)c3)s2)nc(Nc2cc(N(CC)CC)c(OC)cc2N=Nc2nc(N3CCOCC3)c(C=C(C(C)=O)C(=O)Nc3cccc(S(=O)(=O)O)c3)s2)n1. The summed E-state index contributed by atoms with van der Waals surface area (Å²) >= 11 is 3.47. The molecule has 4 aromatic carbocycles. The van der Waals surface area contributed by atoms with Crippen LogP contribution in [0.15, 0.2) is 119 Å². The van der Waals surface area contributed by atoms with Gasteiger partial charge < -0.3 is 59.8 Å². The molecule has 3 aromatic heterocycles. The Balaban J connectivity index is 1.10. The molecule has 0 atom stereocenters. The van der Waals surface area contributed by atoms with E-state index in [0.29, 0.717) is 145 Å². The molecule has 2 amide bonds. The summed E-state index contributed by atoms with van der Waals surface area (Å²) in [6.45, 7) is 18.1. The first-order valence-electron chi connectivity index (χ1n) is 31.0.